The quantitative estimate of drug-likeness (QED) is 0.568. The molecule has 1 N–H and O–H groups in total. The molecule has 0 aliphatic rings. The SMILES string of the molecule is CCn1c(NC(=O)c2ccc(OC)c([N+](=O)[O-])c2)nc2ccccc21. The van der Waals surface area contributed by atoms with Gasteiger partial charge in [0.1, 0.15) is 0 Å². The lowest BCUT2D eigenvalue weighted by atomic mass is 10.1. The van der Waals surface area contributed by atoms with Gasteiger partial charge in [0.05, 0.1) is 23.1 Å². The van der Waals surface area contributed by atoms with Crippen LogP contribution in [0.25, 0.3) is 11.0 Å². The normalized spacial score (nSPS) is 10.6. The number of carbonyl (C=O) groups is 1. The van der Waals surface area contributed by atoms with Crippen molar-refractivity contribution in [2.45, 2.75) is 13.5 Å². The number of hydrogen-bond acceptors (Lipinski definition) is 5. The van der Waals surface area contributed by atoms with Crippen LogP contribution in [0.1, 0.15) is 17.3 Å². The van der Waals surface area contributed by atoms with E-state index in [0.29, 0.717) is 12.5 Å². The summed E-state index contributed by atoms with van der Waals surface area (Å²) in [5, 5.41) is 13.8. The Morgan fingerprint density at radius 3 is 2.76 bits per heavy atom. The molecule has 2 aromatic carbocycles. The van der Waals surface area contributed by atoms with Crippen LogP contribution < -0.4 is 10.1 Å². The van der Waals surface area contributed by atoms with Crippen LogP contribution in [0, 0.1) is 10.1 Å². The van der Waals surface area contributed by atoms with Crippen LogP contribution in [0.3, 0.4) is 0 Å². The largest absolute Gasteiger partial charge is 0.490 e. The highest BCUT2D eigenvalue weighted by Gasteiger charge is 2.19. The number of anilines is 1. The van der Waals surface area contributed by atoms with Crippen molar-refractivity contribution in [1.82, 2.24) is 9.55 Å². The molecular weight excluding hydrogens is 324 g/mol. The number of imidazole rings is 1. The second-order valence-electron chi connectivity index (χ2n) is 5.27. The topological polar surface area (TPSA) is 99.3 Å². The minimum absolute atomic E-state index is 0.0994. The summed E-state index contributed by atoms with van der Waals surface area (Å²) >= 11 is 0. The lowest BCUT2D eigenvalue weighted by Gasteiger charge is -2.08. The predicted molar refractivity (Wildman–Crippen MR) is 93.0 cm³/mol. The summed E-state index contributed by atoms with van der Waals surface area (Å²) in [7, 11) is 1.34. The monoisotopic (exact) mass is 340 g/mol. The zero-order valence-electron chi connectivity index (χ0n) is 13.7. The van der Waals surface area contributed by atoms with E-state index in [1.54, 1.807) is 0 Å². The second-order valence-corrected chi connectivity index (χ2v) is 5.27. The van der Waals surface area contributed by atoms with E-state index in [1.807, 2.05) is 35.8 Å². The van der Waals surface area contributed by atoms with Crippen LogP contribution >= 0.6 is 0 Å². The Morgan fingerprint density at radius 2 is 2.08 bits per heavy atom. The molecule has 0 radical (unpaired) electrons. The molecular formula is C17H16N4O4. The Labute approximate surface area is 143 Å². The summed E-state index contributed by atoms with van der Waals surface area (Å²) in [4.78, 5) is 27.4. The first-order chi connectivity index (χ1) is 12.0. The van der Waals surface area contributed by atoms with Crippen LogP contribution in [0.2, 0.25) is 0 Å². The molecule has 8 heteroatoms. The molecule has 3 aromatic rings. The Balaban J connectivity index is 1.95. The van der Waals surface area contributed by atoms with E-state index in [2.05, 4.69) is 10.3 Å². The molecule has 0 atom stereocenters. The zero-order valence-corrected chi connectivity index (χ0v) is 13.7. The van der Waals surface area contributed by atoms with Crippen molar-refractivity contribution in [3.05, 3.63) is 58.1 Å². The third-order valence-corrected chi connectivity index (χ3v) is 3.83. The average Bonchev–Trinajstić information content (AvgIpc) is 2.97. The van der Waals surface area contributed by atoms with Gasteiger partial charge in [-0.1, -0.05) is 12.1 Å². The number of hydrogen-bond donors (Lipinski definition) is 1. The number of para-hydroxylation sites is 2. The summed E-state index contributed by atoms with van der Waals surface area (Å²) in [5.74, 6) is 0.0188. The molecule has 1 amide bonds. The number of benzene rings is 2. The predicted octanol–water partition coefficient (Wildman–Crippen LogP) is 3.23. The van der Waals surface area contributed by atoms with Gasteiger partial charge in [0, 0.05) is 18.2 Å². The van der Waals surface area contributed by atoms with Gasteiger partial charge < -0.3 is 9.30 Å². The highest BCUT2D eigenvalue weighted by atomic mass is 16.6. The van der Waals surface area contributed by atoms with E-state index < -0.39 is 10.8 Å². The molecule has 0 aliphatic carbocycles. The van der Waals surface area contributed by atoms with Crippen LogP contribution in [0.4, 0.5) is 11.6 Å². The molecule has 25 heavy (non-hydrogen) atoms. The number of nitro groups is 1. The first kappa shape index (κ1) is 16.4. The number of nitrogens with zero attached hydrogens (tertiary/aromatic N) is 3. The van der Waals surface area contributed by atoms with E-state index >= 15 is 0 Å². The first-order valence-corrected chi connectivity index (χ1v) is 7.64. The Kier molecular flexibility index (Phi) is 4.34. The maximum Gasteiger partial charge on any atom is 0.311 e. The smallest absolute Gasteiger partial charge is 0.311 e. The molecule has 0 aliphatic heterocycles. The number of nitrogens with one attached hydrogen (secondary N) is 1. The number of rotatable bonds is 5. The van der Waals surface area contributed by atoms with E-state index in [4.69, 9.17) is 4.74 Å². The van der Waals surface area contributed by atoms with Crippen LogP contribution in [0.15, 0.2) is 42.5 Å². The standard InChI is InChI=1S/C17H16N4O4/c1-3-20-13-7-5-4-6-12(13)18-17(20)19-16(22)11-8-9-15(25-2)14(10-11)21(23)24/h4-10H,3H2,1-2H3,(H,18,19,22). The van der Waals surface area contributed by atoms with E-state index in [1.165, 1.54) is 25.3 Å². The lowest BCUT2D eigenvalue weighted by Crippen LogP contribution is -2.16. The molecule has 0 unspecified atom stereocenters. The van der Waals surface area contributed by atoms with Crippen molar-refractivity contribution in [2.24, 2.45) is 0 Å². The molecule has 128 valence electrons. The summed E-state index contributed by atoms with van der Waals surface area (Å²) in [6.45, 7) is 2.57. The van der Waals surface area contributed by atoms with Gasteiger partial charge >= 0.3 is 5.69 Å². The van der Waals surface area contributed by atoms with Crippen molar-refractivity contribution in [1.29, 1.82) is 0 Å². The Bertz CT molecular complexity index is 964. The second kappa shape index (κ2) is 6.60. The maximum absolute atomic E-state index is 12.5. The molecule has 8 nitrogen and oxygen atoms in total. The van der Waals surface area contributed by atoms with Crippen molar-refractivity contribution in [2.75, 3.05) is 12.4 Å². The van der Waals surface area contributed by atoms with Gasteiger partial charge in [0.25, 0.3) is 5.91 Å². The molecule has 3 rings (SSSR count). The lowest BCUT2D eigenvalue weighted by molar-refractivity contribution is -0.385. The highest BCUT2D eigenvalue weighted by Crippen LogP contribution is 2.28. The summed E-state index contributed by atoms with van der Waals surface area (Å²) in [6, 6.07) is 11.6. The molecule has 0 spiro atoms. The molecule has 0 bridgehead atoms. The van der Waals surface area contributed by atoms with E-state index in [9.17, 15) is 14.9 Å². The van der Waals surface area contributed by atoms with Crippen molar-refractivity contribution in [3.8, 4) is 5.75 Å². The fraction of sp³-hybridized carbons (Fsp3) is 0.176. The van der Waals surface area contributed by atoms with Crippen LogP contribution in [0.5, 0.6) is 5.75 Å². The number of fused-ring (bicyclic) bond motifs is 1. The minimum atomic E-state index is -0.586. The Hall–Kier alpha value is -3.42. The van der Waals surface area contributed by atoms with Crippen LogP contribution in [-0.4, -0.2) is 27.5 Å². The van der Waals surface area contributed by atoms with Gasteiger partial charge in [-0.25, -0.2) is 4.98 Å². The average molecular weight is 340 g/mol. The number of aromatic nitrogens is 2. The van der Waals surface area contributed by atoms with Crippen molar-refractivity contribution in [3.63, 3.8) is 0 Å². The molecule has 0 saturated heterocycles. The molecule has 0 fully saturated rings. The molecule has 0 saturated carbocycles. The van der Waals surface area contributed by atoms with Crippen molar-refractivity contribution >= 4 is 28.6 Å². The fourth-order valence-corrected chi connectivity index (χ4v) is 2.64. The zero-order chi connectivity index (χ0) is 18.0. The number of aryl methyl sites for hydroxylation is 1. The number of nitro benzene ring substituents is 1. The number of methoxy groups -OCH3 is 1. The third-order valence-electron chi connectivity index (χ3n) is 3.83. The highest BCUT2D eigenvalue weighted by molar-refractivity contribution is 6.04. The summed E-state index contributed by atoms with van der Waals surface area (Å²) in [5.41, 5.74) is 1.56. The van der Waals surface area contributed by atoms with Gasteiger partial charge in [0.15, 0.2) is 5.75 Å². The van der Waals surface area contributed by atoms with Gasteiger partial charge in [-0.15, -0.1) is 0 Å². The third kappa shape index (κ3) is 3.01. The summed E-state index contributed by atoms with van der Waals surface area (Å²) < 4.78 is 6.81. The van der Waals surface area contributed by atoms with Crippen LogP contribution in [-0.2, 0) is 6.54 Å². The molecule has 1 aromatic heterocycles. The number of ether oxygens (including phenoxy) is 1. The number of amides is 1. The van der Waals surface area contributed by atoms with Gasteiger partial charge in [-0.05, 0) is 31.2 Å². The summed E-state index contributed by atoms with van der Waals surface area (Å²) in [6.07, 6.45) is 0. The van der Waals surface area contributed by atoms with E-state index in [-0.39, 0.29) is 17.0 Å². The maximum atomic E-state index is 12.5. The minimum Gasteiger partial charge on any atom is -0.490 e. The van der Waals surface area contributed by atoms with Gasteiger partial charge in [0.2, 0.25) is 5.95 Å². The van der Waals surface area contributed by atoms with E-state index in [0.717, 1.165) is 11.0 Å². The fourth-order valence-electron chi connectivity index (χ4n) is 2.64. The van der Waals surface area contributed by atoms with Gasteiger partial charge in [-0.3, -0.25) is 20.2 Å². The Morgan fingerprint density at radius 1 is 1.32 bits per heavy atom. The first-order valence-electron chi connectivity index (χ1n) is 7.64. The number of carbonyl (C=O) groups excluding carboxylic acids is 1. The molecule has 1 heterocycles. The van der Waals surface area contributed by atoms with Gasteiger partial charge in [-0.2, -0.15) is 0 Å². The van der Waals surface area contributed by atoms with Crippen molar-refractivity contribution < 1.29 is 14.5 Å².